The van der Waals surface area contributed by atoms with E-state index in [0.717, 1.165) is 52.8 Å². The van der Waals surface area contributed by atoms with Crippen LogP contribution in [-0.2, 0) is 25.7 Å². The highest BCUT2D eigenvalue weighted by Gasteiger charge is 2.12. The Morgan fingerprint density at radius 2 is 1.55 bits per heavy atom. The summed E-state index contributed by atoms with van der Waals surface area (Å²) in [6.45, 7) is 0. The molecule has 3 rings (SSSR count). The van der Waals surface area contributed by atoms with Gasteiger partial charge in [0.2, 0.25) is 0 Å². The molecule has 3 aromatic rings. The Kier molecular flexibility index (Phi) is 8.86. The number of aryl methyl sites for hydroxylation is 3. The minimum atomic E-state index is 0.291. The predicted molar refractivity (Wildman–Crippen MR) is 135 cm³/mol. The van der Waals surface area contributed by atoms with Crippen molar-refractivity contribution in [3.63, 3.8) is 0 Å². The fourth-order valence-electron chi connectivity index (χ4n) is 3.68. The minimum absolute atomic E-state index is 0.291. The highest BCUT2D eigenvalue weighted by Crippen LogP contribution is 2.30. The Balaban J connectivity index is 1.76. The average Bonchev–Trinajstić information content (AvgIpc) is 2.82. The van der Waals surface area contributed by atoms with Crippen molar-refractivity contribution in [2.24, 2.45) is 16.1 Å². The number of ether oxygens (including phenoxy) is 2. The van der Waals surface area contributed by atoms with Crippen LogP contribution in [0.2, 0.25) is 5.02 Å². The van der Waals surface area contributed by atoms with Crippen LogP contribution in [0, 0.1) is 0 Å². The molecule has 0 saturated carbocycles. The third-order valence-corrected chi connectivity index (χ3v) is 6.35. The van der Waals surface area contributed by atoms with Crippen molar-refractivity contribution in [3.05, 3.63) is 91.9 Å². The number of nitrogens with zero attached hydrogens (tertiary/aromatic N) is 2. The molecule has 8 heteroatoms. The number of hydrogen-bond acceptors (Lipinski definition) is 3. The molecule has 0 atom stereocenters. The smallest absolute Gasteiger partial charge is 0.273 e. The Morgan fingerprint density at radius 1 is 0.909 bits per heavy atom. The molecule has 0 amide bonds. The second-order valence-corrected chi connectivity index (χ2v) is 8.83. The maximum absolute atomic E-state index is 6.38. The molecule has 0 bridgehead atoms. The zero-order valence-corrected chi connectivity index (χ0v) is 21.0. The van der Waals surface area contributed by atoms with Crippen LogP contribution < -0.4 is 20.7 Å². The van der Waals surface area contributed by atoms with Crippen molar-refractivity contribution in [1.82, 2.24) is 0 Å². The topological polar surface area (TPSA) is 94.8 Å². The van der Waals surface area contributed by atoms with E-state index in [-0.39, 0.29) is 0 Å². The molecule has 0 aliphatic heterocycles. The molecule has 4 N–H and O–H groups in total. The van der Waals surface area contributed by atoms with Gasteiger partial charge in [0.1, 0.15) is 16.7 Å². The fraction of sp³-hybridized carbons (Fsp3) is 0.240. The first-order chi connectivity index (χ1) is 15.9. The van der Waals surface area contributed by atoms with E-state index < -0.39 is 0 Å². The van der Waals surface area contributed by atoms with Gasteiger partial charge >= 0.3 is 0 Å². The van der Waals surface area contributed by atoms with Gasteiger partial charge in [-0.05, 0) is 84.3 Å². The maximum atomic E-state index is 6.38. The Labute approximate surface area is 207 Å². The molecule has 0 aromatic heterocycles. The van der Waals surface area contributed by atoms with E-state index in [9.17, 15) is 0 Å². The van der Waals surface area contributed by atoms with Crippen LogP contribution in [-0.4, -0.2) is 20.1 Å². The summed E-state index contributed by atoms with van der Waals surface area (Å²) in [7, 11) is 3.32. The van der Waals surface area contributed by atoms with E-state index in [1.54, 1.807) is 14.2 Å². The van der Waals surface area contributed by atoms with E-state index in [0.29, 0.717) is 10.9 Å². The van der Waals surface area contributed by atoms with Crippen LogP contribution in [0.4, 0.5) is 0 Å². The van der Waals surface area contributed by atoms with Gasteiger partial charge in [-0.25, -0.2) is 0 Å². The number of nitrogens with two attached hydrogens (primary N) is 2. The molecule has 0 saturated heterocycles. The lowest BCUT2D eigenvalue weighted by Gasteiger charge is -2.14. The van der Waals surface area contributed by atoms with Crippen molar-refractivity contribution in [2.45, 2.75) is 25.7 Å². The van der Waals surface area contributed by atoms with Gasteiger partial charge in [0.25, 0.3) is 5.84 Å². The van der Waals surface area contributed by atoms with Crippen molar-refractivity contribution < 1.29 is 15.0 Å². The van der Waals surface area contributed by atoms with E-state index >= 15 is 0 Å². The third kappa shape index (κ3) is 6.79. The van der Waals surface area contributed by atoms with Crippen LogP contribution in [0.15, 0.2) is 69.4 Å². The zero-order chi connectivity index (χ0) is 23.8. The molecule has 0 radical (unpaired) electrons. The summed E-state index contributed by atoms with van der Waals surface area (Å²) in [5.41, 5.74) is 16.5. The molecule has 0 heterocycles. The van der Waals surface area contributed by atoms with Gasteiger partial charge in [-0.3, -0.25) is 0 Å². The summed E-state index contributed by atoms with van der Waals surface area (Å²) >= 11 is 10.1. The lowest BCUT2D eigenvalue weighted by Crippen LogP contribution is -2.23. The summed E-state index contributed by atoms with van der Waals surface area (Å²) in [6, 6.07) is 17.9. The Hall–Kier alpha value is -2.90. The molecule has 0 fully saturated rings. The van der Waals surface area contributed by atoms with Crippen LogP contribution in [0.1, 0.15) is 27.8 Å². The number of amidine groups is 1. The largest absolute Gasteiger partial charge is 0.497 e. The van der Waals surface area contributed by atoms with Gasteiger partial charge in [-0.2, -0.15) is 5.53 Å². The second-order valence-electron chi connectivity index (χ2n) is 7.54. The molecular weight excluding hydrogens is 504 g/mol. The lowest BCUT2D eigenvalue weighted by molar-refractivity contribution is -0.221. The fourth-order valence-corrected chi connectivity index (χ4v) is 4.75. The molecule has 0 spiro atoms. The first-order valence-corrected chi connectivity index (χ1v) is 11.6. The summed E-state index contributed by atoms with van der Waals surface area (Å²) in [6.07, 6.45) is 3.43. The van der Waals surface area contributed by atoms with Gasteiger partial charge < -0.3 is 15.2 Å². The first kappa shape index (κ1) is 24.7. The second kappa shape index (κ2) is 11.8. The standard InChI is InChI=1S/C25H26BrClN4O2/c1-32-21-11-17(12-22(15-21)33-2)6-10-23-19(13-20(27)14-24(23)26)9-5-16-3-7-18(8-4-16)25(28)30-31-29/h3-4,7-8,11-15H,5-6,9-10H2,1-2H3,(H3,28,29,30)/p+1. The number of hydrogen-bond donors (Lipinski definition) is 2. The zero-order valence-electron chi connectivity index (χ0n) is 18.6. The SMILES string of the molecule is COc1cc(CCc2c(Br)cc(Cl)cc2CCc2ccc(/C(N)=N/N=[NH2+])cc2)cc(OC)c1. The van der Waals surface area contributed by atoms with E-state index in [4.69, 9.17) is 32.3 Å². The predicted octanol–water partition coefficient (Wildman–Crippen LogP) is 4.52. The van der Waals surface area contributed by atoms with Crippen LogP contribution in [0.5, 0.6) is 11.5 Å². The van der Waals surface area contributed by atoms with Gasteiger partial charge in [0.05, 0.1) is 19.3 Å². The quantitative estimate of drug-likeness (QED) is 0.175. The molecule has 0 unspecified atom stereocenters. The van der Waals surface area contributed by atoms with Gasteiger partial charge in [0.15, 0.2) is 0 Å². The van der Waals surface area contributed by atoms with E-state index in [1.165, 1.54) is 16.7 Å². The number of halogens is 2. The van der Waals surface area contributed by atoms with Crippen molar-refractivity contribution in [1.29, 1.82) is 0 Å². The summed E-state index contributed by atoms with van der Waals surface area (Å²) in [4.78, 5) is 0. The monoisotopic (exact) mass is 529 g/mol. The molecule has 33 heavy (non-hydrogen) atoms. The number of methoxy groups -OCH3 is 2. The van der Waals surface area contributed by atoms with Crippen LogP contribution >= 0.6 is 27.5 Å². The number of rotatable bonds is 10. The number of benzene rings is 3. The van der Waals surface area contributed by atoms with Gasteiger partial charge in [-0.1, -0.05) is 39.7 Å². The molecule has 0 aliphatic carbocycles. The summed E-state index contributed by atoms with van der Waals surface area (Å²) in [5.74, 6) is 1.86. The van der Waals surface area contributed by atoms with Crippen molar-refractivity contribution in [3.8, 4) is 11.5 Å². The first-order valence-electron chi connectivity index (χ1n) is 10.4. The minimum Gasteiger partial charge on any atom is -0.497 e. The normalized spacial score (nSPS) is 11.3. The molecule has 172 valence electrons. The van der Waals surface area contributed by atoms with Crippen LogP contribution in [0.3, 0.4) is 0 Å². The molecule has 6 nitrogen and oxygen atoms in total. The Morgan fingerprint density at radius 3 is 2.15 bits per heavy atom. The van der Waals surface area contributed by atoms with Gasteiger partial charge in [0, 0.05) is 21.1 Å². The summed E-state index contributed by atoms with van der Waals surface area (Å²) < 4.78 is 11.8. The average molecular weight is 531 g/mol. The van der Waals surface area contributed by atoms with E-state index in [2.05, 4.69) is 32.3 Å². The van der Waals surface area contributed by atoms with E-state index in [1.807, 2.05) is 48.5 Å². The van der Waals surface area contributed by atoms with Crippen molar-refractivity contribution >= 4 is 33.4 Å². The highest BCUT2D eigenvalue weighted by atomic mass is 79.9. The lowest BCUT2D eigenvalue weighted by atomic mass is 9.95. The molecule has 3 aromatic carbocycles. The van der Waals surface area contributed by atoms with Crippen molar-refractivity contribution in [2.75, 3.05) is 14.2 Å². The molecule has 0 aliphatic rings. The Bertz CT molecular complexity index is 1130. The highest BCUT2D eigenvalue weighted by molar-refractivity contribution is 9.10. The summed E-state index contributed by atoms with van der Waals surface area (Å²) in [5, 5.41) is 7.62. The molecular formula is C25H27BrClN4O2+. The maximum Gasteiger partial charge on any atom is 0.273 e. The van der Waals surface area contributed by atoms with Gasteiger partial charge in [-0.15, -0.1) is 0 Å². The third-order valence-electron chi connectivity index (χ3n) is 5.43. The van der Waals surface area contributed by atoms with Crippen LogP contribution in [0.25, 0.3) is 0 Å².